The van der Waals surface area contributed by atoms with Crippen LogP contribution in [0.1, 0.15) is 24.0 Å². The van der Waals surface area contributed by atoms with E-state index >= 15 is 0 Å². The number of alkyl halides is 3. The number of aryl methyl sites for hydroxylation is 2. The molecular weight excluding hydrogens is 321 g/mol. The van der Waals surface area contributed by atoms with Gasteiger partial charge >= 0.3 is 6.18 Å². The number of ketones is 1. The monoisotopic (exact) mass is 340 g/mol. The van der Waals surface area contributed by atoms with E-state index in [4.69, 9.17) is 0 Å². The molecule has 0 aromatic heterocycles. The molecule has 2 rings (SSSR count). The Morgan fingerprint density at radius 2 is 1.83 bits per heavy atom. The second-order valence-electron chi connectivity index (χ2n) is 5.94. The molecule has 24 heavy (non-hydrogen) atoms. The smallest absolute Gasteiger partial charge is 0.365 e. The topological polar surface area (TPSA) is 49.4 Å². The second-order valence-corrected chi connectivity index (χ2v) is 5.94. The molecule has 0 aliphatic carbocycles. The van der Waals surface area contributed by atoms with Gasteiger partial charge in [0.05, 0.1) is 0 Å². The summed E-state index contributed by atoms with van der Waals surface area (Å²) in [6.45, 7) is 4.26. The first-order valence-electron chi connectivity index (χ1n) is 7.61. The van der Waals surface area contributed by atoms with Gasteiger partial charge < -0.3 is 10.2 Å². The van der Waals surface area contributed by atoms with Crippen molar-refractivity contribution in [1.82, 2.24) is 4.90 Å². The standard InChI is InChI=1S/C17H19F3N2O2/c1-11-8-12(2)10-13(9-11)21-16(24)14-4-3-6-22(14)7-5-15(23)17(18,19)20/h5,7-10,14H,3-4,6H2,1-2H3,(H,21,24). The number of benzene rings is 1. The van der Waals surface area contributed by atoms with Gasteiger partial charge in [-0.2, -0.15) is 13.2 Å². The van der Waals surface area contributed by atoms with Crippen molar-refractivity contribution in [2.75, 3.05) is 11.9 Å². The quantitative estimate of drug-likeness (QED) is 0.855. The summed E-state index contributed by atoms with van der Waals surface area (Å²) in [6, 6.07) is 5.05. The molecule has 1 aromatic carbocycles. The fourth-order valence-corrected chi connectivity index (χ4v) is 2.78. The maximum Gasteiger partial charge on any atom is 0.454 e. The maximum absolute atomic E-state index is 12.4. The number of rotatable bonds is 4. The number of allylic oxidation sites excluding steroid dienone is 1. The van der Waals surface area contributed by atoms with Gasteiger partial charge in [-0.1, -0.05) is 6.07 Å². The average molecular weight is 340 g/mol. The van der Waals surface area contributed by atoms with Crippen molar-refractivity contribution in [3.8, 4) is 0 Å². The Labute approximate surface area is 138 Å². The molecule has 1 fully saturated rings. The summed E-state index contributed by atoms with van der Waals surface area (Å²) in [5, 5.41) is 2.79. The van der Waals surface area contributed by atoms with Crippen LogP contribution in [-0.4, -0.2) is 35.4 Å². The highest BCUT2D eigenvalue weighted by Gasteiger charge is 2.37. The van der Waals surface area contributed by atoms with Gasteiger partial charge in [0.15, 0.2) is 0 Å². The van der Waals surface area contributed by atoms with Crippen molar-refractivity contribution >= 4 is 17.4 Å². The molecular formula is C17H19F3N2O2. The van der Waals surface area contributed by atoms with Gasteiger partial charge in [-0.15, -0.1) is 0 Å². The molecule has 130 valence electrons. The molecule has 1 N–H and O–H groups in total. The Morgan fingerprint density at radius 3 is 2.42 bits per heavy atom. The number of carbonyl (C=O) groups is 2. The van der Waals surface area contributed by atoms with E-state index in [1.54, 1.807) is 0 Å². The van der Waals surface area contributed by atoms with Crippen molar-refractivity contribution in [3.05, 3.63) is 41.6 Å². The molecule has 1 atom stereocenters. The van der Waals surface area contributed by atoms with Crippen LogP contribution in [0.15, 0.2) is 30.5 Å². The Balaban J connectivity index is 2.05. The fraction of sp³-hybridized carbons (Fsp3) is 0.412. The van der Waals surface area contributed by atoms with Crippen LogP contribution < -0.4 is 5.32 Å². The lowest BCUT2D eigenvalue weighted by Gasteiger charge is -2.22. The minimum Gasteiger partial charge on any atom is -0.365 e. The Hall–Kier alpha value is -2.31. The number of likely N-dealkylation sites (tertiary alicyclic amines) is 1. The van der Waals surface area contributed by atoms with E-state index in [-0.39, 0.29) is 5.91 Å². The zero-order chi connectivity index (χ0) is 17.9. The van der Waals surface area contributed by atoms with Gasteiger partial charge in [-0.3, -0.25) is 9.59 Å². The molecule has 0 bridgehead atoms. The first kappa shape index (κ1) is 18.0. The van der Waals surface area contributed by atoms with Gasteiger partial charge in [0.25, 0.3) is 5.78 Å². The van der Waals surface area contributed by atoms with Crippen LogP contribution in [0.5, 0.6) is 0 Å². The molecule has 4 nitrogen and oxygen atoms in total. The van der Waals surface area contributed by atoms with Crippen LogP contribution in [0.25, 0.3) is 0 Å². The van der Waals surface area contributed by atoms with Crippen molar-refractivity contribution in [1.29, 1.82) is 0 Å². The number of anilines is 1. The summed E-state index contributed by atoms with van der Waals surface area (Å²) in [6.07, 6.45) is -2.15. The highest BCUT2D eigenvalue weighted by Crippen LogP contribution is 2.22. The van der Waals surface area contributed by atoms with E-state index < -0.39 is 18.0 Å². The van der Waals surface area contributed by atoms with E-state index in [9.17, 15) is 22.8 Å². The summed E-state index contributed by atoms with van der Waals surface area (Å²) in [4.78, 5) is 24.8. The molecule has 1 unspecified atom stereocenters. The molecule has 0 spiro atoms. The van der Waals surface area contributed by atoms with E-state index in [0.717, 1.165) is 17.3 Å². The van der Waals surface area contributed by atoms with Crippen LogP contribution in [0.3, 0.4) is 0 Å². The predicted molar refractivity (Wildman–Crippen MR) is 84.5 cm³/mol. The van der Waals surface area contributed by atoms with E-state index in [2.05, 4.69) is 5.32 Å². The van der Waals surface area contributed by atoms with E-state index in [0.29, 0.717) is 31.1 Å². The number of hydrogen-bond donors (Lipinski definition) is 1. The zero-order valence-electron chi connectivity index (χ0n) is 13.5. The average Bonchev–Trinajstić information content (AvgIpc) is 2.90. The van der Waals surface area contributed by atoms with Gasteiger partial charge in [0.2, 0.25) is 5.91 Å². The van der Waals surface area contributed by atoms with Crippen molar-refractivity contribution < 1.29 is 22.8 Å². The second kappa shape index (κ2) is 7.07. The van der Waals surface area contributed by atoms with Gasteiger partial charge in [-0.25, -0.2) is 0 Å². The third kappa shape index (κ3) is 4.59. The molecule has 1 heterocycles. The first-order valence-corrected chi connectivity index (χ1v) is 7.61. The molecule has 0 saturated carbocycles. The number of nitrogens with one attached hydrogen (secondary N) is 1. The normalized spacial score (nSPS) is 18.2. The number of nitrogens with zero attached hydrogens (tertiary/aromatic N) is 1. The molecule has 0 radical (unpaired) electrons. The Morgan fingerprint density at radius 1 is 1.21 bits per heavy atom. The van der Waals surface area contributed by atoms with Gasteiger partial charge in [0.1, 0.15) is 6.04 Å². The summed E-state index contributed by atoms with van der Waals surface area (Å²) in [7, 11) is 0. The van der Waals surface area contributed by atoms with Gasteiger partial charge in [0, 0.05) is 24.5 Å². The highest BCUT2D eigenvalue weighted by molar-refractivity contribution is 5.96. The lowest BCUT2D eigenvalue weighted by atomic mass is 10.1. The largest absolute Gasteiger partial charge is 0.454 e. The maximum atomic E-state index is 12.4. The van der Waals surface area contributed by atoms with Crippen molar-refractivity contribution in [3.63, 3.8) is 0 Å². The lowest BCUT2D eigenvalue weighted by Crippen LogP contribution is -2.36. The van der Waals surface area contributed by atoms with E-state index in [1.807, 2.05) is 32.0 Å². The summed E-state index contributed by atoms with van der Waals surface area (Å²) < 4.78 is 36.7. The first-order chi connectivity index (χ1) is 11.2. The molecule has 1 amide bonds. The third-order valence-corrected chi connectivity index (χ3v) is 3.78. The molecule has 1 aliphatic rings. The number of amides is 1. The summed E-state index contributed by atoms with van der Waals surface area (Å²) in [5.41, 5.74) is 2.66. The van der Waals surface area contributed by atoms with E-state index in [1.165, 1.54) is 4.90 Å². The van der Waals surface area contributed by atoms with Crippen molar-refractivity contribution in [2.45, 2.75) is 38.9 Å². The molecule has 1 aromatic rings. The molecule has 1 aliphatic heterocycles. The number of carbonyl (C=O) groups excluding carboxylic acids is 2. The third-order valence-electron chi connectivity index (χ3n) is 3.78. The Bertz CT molecular complexity index is 648. The van der Waals surface area contributed by atoms with Crippen molar-refractivity contribution in [2.24, 2.45) is 0 Å². The highest BCUT2D eigenvalue weighted by atomic mass is 19.4. The fourth-order valence-electron chi connectivity index (χ4n) is 2.78. The SMILES string of the molecule is Cc1cc(C)cc(NC(=O)C2CCCN2C=CC(=O)C(F)(F)F)c1. The van der Waals surface area contributed by atoms with Crippen LogP contribution >= 0.6 is 0 Å². The summed E-state index contributed by atoms with van der Waals surface area (Å²) >= 11 is 0. The van der Waals surface area contributed by atoms with Gasteiger partial charge in [-0.05, 0) is 49.9 Å². The molecule has 1 saturated heterocycles. The summed E-state index contributed by atoms with van der Waals surface area (Å²) in [5.74, 6) is -2.22. The number of halogens is 3. The Kier molecular flexibility index (Phi) is 5.31. The number of hydrogen-bond acceptors (Lipinski definition) is 3. The lowest BCUT2D eigenvalue weighted by molar-refractivity contribution is -0.165. The zero-order valence-corrected chi connectivity index (χ0v) is 13.5. The minimum absolute atomic E-state index is 0.290. The minimum atomic E-state index is -4.90. The van der Waals surface area contributed by atoms with Crippen LogP contribution in [0, 0.1) is 13.8 Å². The molecule has 7 heteroatoms. The van der Waals surface area contributed by atoms with Crippen LogP contribution in [0.4, 0.5) is 18.9 Å². The predicted octanol–water partition coefficient (Wildman–Crippen LogP) is 3.35. The van der Waals surface area contributed by atoms with Crippen LogP contribution in [-0.2, 0) is 9.59 Å². The van der Waals surface area contributed by atoms with Crippen LogP contribution in [0.2, 0.25) is 0 Å².